The molecule has 5 heteroatoms. The molecule has 1 aliphatic heterocycles. The van der Waals surface area contributed by atoms with Crippen LogP contribution in [-0.4, -0.2) is 5.91 Å². The van der Waals surface area contributed by atoms with Crippen molar-refractivity contribution in [3.8, 4) is 0 Å². The van der Waals surface area contributed by atoms with Gasteiger partial charge in [0, 0.05) is 16.3 Å². The molecule has 0 unspecified atom stereocenters. The van der Waals surface area contributed by atoms with Crippen molar-refractivity contribution in [3.05, 3.63) is 82.3 Å². The summed E-state index contributed by atoms with van der Waals surface area (Å²) in [7, 11) is 0. The number of rotatable bonds is 2. The zero-order valence-electron chi connectivity index (χ0n) is 12.1. The van der Waals surface area contributed by atoms with Crippen LogP contribution in [0.5, 0.6) is 0 Å². The Hall–Kier alpha value is -2.66. The lowest BCUT2D eigenvalue weighted by Gasteiger charge is -2.37. The molecule has 2 heterocycles. The van der Waals surface area contributed by atoms with Gasteiger partial charge in [-0.1, -0.05) is 18.2 Å². The van der Waals surface area contributed by atoms with E-state index in [9.17, 15) is 9.18 Å². The molecule has 1 aliphatic rings. The normalized spacial score (nSPS) is 16.8. The molecule has 0 bridgehead atoms. The Morgan fingerprint density at radius 1 is 1.00 bits per heavy atom. The minimum absolute atomic E-state index is 0.0932. The van der Waals surface area contributed by atoms with Crippen molar-refractivity contribution in [3.63, 3.8) is 0 Å². The van der Waals surface area contributed by atoms with Crippen LogP contribution in [-0.2, 0) is 0 Å². The Labute approximate surface area is 137 Å². The van der Waals surface area contributed by atoms with Gasteiger partial charge >= 0.3 is 0 Å². The van der Waals surface area contributed by atoms with E-state index in [2.05, 4.69) is 5.32 Å². The van der Waals surface area contributed by atoms with Crippen LogP contribution in [0.4, 0.5) is 15.8 Å². The molecule has 0 saturated carbocycles. The number of carbonyl (C=O) groups is 1. The molecule has 0 spiro atoms. The van der Waals surface area contributed by atoms with E-state index in [1.165, 1.54) is 12.1 Å². The summed E-state index contributed by atoms with van der Waals surface area (Å²) >= 11 is 1.58. The van der Waals surface area contributed by atoms with Crippen molar-refractivity contribution in [1.29, 1.82) is 0 Å². The molecule has 3 aromatic rings. The van der Waals surface area contributed by atoms with Crippen LogP contribution in [0.3, 0.4) is 0 Å². The first kappa shape index (κ1) is 14.0. The molecule has 2 aromatic carbocycles. The monoisotopic (exact) mass is 324 g/mol. The predicted octanol–water partition coefficient (Wildman–Crippen LogP) is 4.66. The number of para-hydroxylation sites is 1. The number of amides is 1. The second-order valence-corrected chi connectivity index (χ2v) is 6.24. The van der Waals surface area contributed by atoms with Crippen LogP contribution < -0.4 is 10.2 Å². The van der Waals surface area contributed by atoms with E-state index in [-0.39, 0.29) is 17.9 Å². The van der Waals surface area contributed by atoms with E-state index >= 15 is 0 Å². The number of nitrogens with one attached hydrogen (secondary N) is 1. The Morgan fingerprint density at radius 2 is 1.78 bits per heavy atom. The summed E-state index contributed by atoms with van der Waals surface area (Å²) < 4.78 is 13.2. The van der Waals surface area contributed by atoms with E-state index in [0.717, 1.165) is 10.6 Å². The standard InChI is InChI=1S/C18H13FN2OS/c19-12-7-9-13(10-8-12)21-17(16-6-3-11-23-16)20-15-5-2-1-4-14(15)18(21)22/h1-11,17,20H/t17-/m1/s1. The Bertz CT molecular complexity index is 846. The average molecular weight is 324 g/mol. The fourth-order valence-corrected chi connectivity index (χ4v) is 3.53. The van der Waals surface area contributed by atoms with E-state index in [0.29, 0.717) is 11.3 Å². The fourth-order valence-electron chi connectivity index (χ4n) is 2.77. The van der Waals surface area contributed by atoms with E-state index in [1.54, 1.807) is 34.4 Å². The van der Waals surface area contributed by atoms with Gasteiger partial charge in [0.1, 0.15) is 12.0 Å². The summed E-state index contributed by atoms with van der Waals surface area (Å²) in [6, 6.07) is 17.4. The summed E-state index contributed by atoms with van der Waals surface area (Å²) in [5.74, 6) is -0.413. The topological polar surface area (TPSA) is 32.3 Å². The predicted molar refractivity (Wildman–Crippen MR) is 90.3 cm³/mol. The number of fused-ring (bicyclic) bond motifs is 1. The molecule has 1 atom stereocenters. The number of hydrogen-bond acceptors (Lipinski definition) is 3. The number of thiophene rings is 1. The van der Waals surface area contributed by atoms with Gasteiger partial charge in [-0.25, -0.2) is 4.39 Å². The van der Waals surface area contributed by atoms with Crippen LogP contribution in [0.2, 0.25) is 0 Å². The number of anilines is 2. The van der Waals surface area contributed by atoms with Gasteiger partial charge < -0.3 is 5.32 Å². The number of carbonyl (C=O) groups excluding carboxylic acids is 1. The van der Waals surface area contributed by atoms with Crippen LogP contribution >= 0.6 is 11.3 Å². The van der Waals surface area contributed by atoms with Crippen molar-refractivity contribution in [2.45, 2.75) is 6.17 Å². The first-order valence-corrected chi connectivity index (χ1v) is 8.10. The highest BCUT2D eigenvalue weighted by molar-refractivity contribution is 7.10. The highest BCUT2D eigenvalue weighted by Crippen LogP contribution is 2.37. The third-order valence-corrected chi connectivity index (χ3v) is 4.77. The highest BCUT2D eigenvalue weighted by atomic mass is 32.1. The molecule has 23 heavy (non-hydrogen) atoms. The minimum Gasteiger partial charge on any atom is -0.360 e. The fraction of sp³-hybridized carbons (Fsp3) is 0.0556. The molecule has 0 radical (unpaired) electrons. The van der Waals surface area contributed by atoms with Crippen molar-refractivity contribution in [2.75, 3.05) is 10.2 Å². The molecule has 0 saturated heterocycles. The zero-order valence-corrected chi connectivity index (χ0v) is 12.9. The summed E-state index contributed by atoms with van der Waals surface area (Å²) in [5, 5.41) is 5.39. The summed E-state index contributed by atoms with van der Waals surface area (Å²) in [5.41, 5.74) is 2.09. The second kappa shape index (κ2) is 5.52. The number of benzene rings is 2. The maximum absolute atomic E-state index is 13.2. The molecule has 114 valence electrons. The molecule has 1 amide bonds. The molecule has 4 rings (SSSR count). The third-order valence-electron chi connectivity index (χ3n) is 3.84. The molecule has 1 aromatic heterocycles. The summed E-state index contributed by atoms with van der Waals surface area (Å²) in [4.78, 5) is 15.7. The molecule has 0 fully saturated rings. The van der Waals surface area contributed by atoms with Gasteiger partial charge in [0.15, 0.2) is 0 Å². The first-order chi connectivity index (χ1) is 11.2. The van der Waals surface area contributed by atoms with Gasteiger partial charge in [-0.05, 0) is 47.8 Å². The maximum Gasteiger partial charge on any atom is 0.262 e. The van der Waals surface area contributed by atoms with Crippen LogP contribution in [0.1, 0.15) is 21.4 Å². The quantitative estimate of drug-likeness (QED) is 0.743. The van der Waals surface area contributed by atoms with Crippen molar-refractivity contribution in [2.24, 2.45) is 0 Å². The zero-order chi connectivity index (χ0) is 15.8. The van der Waals surface area contributed by atoms with Crippen LogP contribution in [0, 0.1) is 5.82 Å². The smallest absolute Gasteiger partial charge is 0.262 e. The van der Waals surface area contributed by atoms with Gasteiger partial charge in [-0.3, -0.25) is 9.69 Å². The molecule has 3 nitrogen and oxygen atoms in total. The summed E-state index contributed by atoms with van der Waals surface area (Å²) in [6.45, 7) is 0. The largest absolute Gasteiger partial charge is 0.360 e. The van der Waals surface area contributed by atoms with Crippen LogP contribution in [0.15, 0.2) is 66.0 Å². The molecule has 1 N–H and O–H groups in total. The first-order valence-electron chi connectivity index (χ1n) is 7.22. The molecule has 0 aliphatic carbocycles. The average Bonchev–Trinajstić information content (AvgIpc) is 3.10. The van der Waals surface area contributed by atoms with E-state index in [1.807, 2.05) is 35.7 Å². The minimum atomic E-state index is -0.320. The second-order valence-electron chi connectivity index (χ2n) is 5.26. The van der Waals surface area contributed by atoms with Crippen molar-refractivity contribution >= 4 is 28.6 Å². The SMILES string of the molecule is O=C1c2ccccc2N[C@@H](c2cccs2)N1c1ccc(F)cc1. The van der Waals surface area contributed by atoms with E-state index < -0.39 is 0 Å². The Balaban J connectivity index is 1.85. The summed E-state index contributed by atoms with van der Waals surface area (Å²) in [6.07, 6.45) is -0.303. The Morgan fingerprint density at radius 3 is 2.52 bits per heavy atom. The highest BCUT2D eigenvalue weighted by Gasteiger charge is 2.34. The lowest BCUT2D eigenvalue weighted by Crippen LogP contribution is -2.42. The number of hydrogen-bond donors (Lipinski definition) is 1. The van der Waals surface area contributed by atoms with Gasteiger partial charge in [-0.2, -0.15) is 0 Å². The van der Waals surface area contributed by atoms with Gasteiger partial charge in [0.2, 0.25) is 0 Å². The van der Waals surface area contributed by atoms with Crippen molar-refractivity contribution in [1.82, 2.24) is 0 Å². The lowest BCUT2D eigenvalue weighted by atomic mass is 10.1. The van der Waals surface area contributed by atoms with Gasteiger partial charge in [0.25, 0.3) is 5.91 Å². The number of halogens is 1. The van der Waals surface area contributed by atoms with Gasteiger partial charge in [-0.15, -0.1) is 11.3 Å². The number of nitrogens with zero attached hydrogens (tertiary/aromatic N) is 1. The third kappa shape index (κ3) is 2.39. The maximum atomic E-state index is 13.2. The lowest BCUT2D eigenvalue weighted by molar-refractivity contribution is 0.0975. The van der Waals surface area contributed by atoms with Crippen LogP contribution in [0.25, 0.3) is 0 Å². The Kier molecular flexibility index (Phi) is 3.35. The van der Waals surface area contributed by atoms with Gasteiger partial charge in [0.05, 0.1) is 5.56 Å². The molecular weight excluding hydrogens is 311 g/mol. The van der Waals surface area contributed by atoms with Crippen molar-refractivity contribution < 1.29 is 9.18 Å². The molecular formula is C18H13FN2OS. The van der Waals surface area contributed by atoms with E-state index in [4.69, 9.17) is 0 Å².